The van der Waals surface area contributed by atoms with Crippen molar-refractivity contribution in [3.05, 3.63) is 144 Å². The molecule has 18 heteroatoms. The minimum Gasteiger partial charge on any atom is -0.363 e. The van der Waals surface area contributed by atoms with Gasteiger partial charge < -0.3 is 61.0 Å². The second kappa shape index (κ2) is 35.7. The zero-order valence-electron chi connectivity index (χ0n) is 49.9. The van der Waals surface area contributed by atoms with Crippen molar-refractivity contribution in [3.63, 3.8) is 0 Å². The van der Waals surface area contributed by atoms with Gasteiger partial charge in [0.1, 0.15) is 25.3 Å². The Morgan fingerprint density at radius 3 is 1.21 bits per heavy atom. The average molecular weight is 1150 g/mol. The highest BCUT2D eigenvalue weighted by atomic mass is 16.5. The summed E-state index contributed by atoms with van der Waals surface area (Å²) in [6, 6.07) is 36.0. The zero-order valence-corrected chi connectivity index (χ0v) is 49.9. The molecule has 4 aromatic rings. The lowest BCUT2D eigenvalue weighted by Gasteiger charge is -2.35. The van der Waals surface area contributed by atoms with Crippen LogP contribution in [-0.2, 0) is 64.2 Å². The van der Waals surface area contributed by atoms with Gasteiger partial charge in [-0.1, -0.05) is 133 Å². The quantitative estimate of drug-likeness (QED) is 0.0388. The Hall–Kier alpha value is -7.42. The SMILES string of the molecule is CN[C@@H](C)C(=O)N[C@H](C(=O)N1CCC[C@H]1CN(CCc1ccccc1)C(=O)CNCc1ccccc1)[C@@H](C)OCC#CC#CCO[C@H](C)[C@H](NC(=O)[C@H](C)NC)C(=O)N1CCC[C@H]1CN(CCc1ccccc1)C(=O)CNCc1ccccc1. The number of carbonyl (C=O) groups excluding carboxylic acids is 6. The standard InChI is InChI=1S/C66H88N10O8/c1-49(67-5)63(79)71-61(65(81)75-37-23-33-57(75)47-73(39-35-53-25-13-9-14-26-53)59(77)45-69-43-55-29-17-11-18-30-55)51(3)83-41-21-7-8-22-42-84-52(4)62(72-64(80)50(2)68-6)66(82)76-38-24-34-58(76)48-74(40-36-54-27-15-10-16-28-54)60(78)46-70-44-56-31-19-12-20-32-56/h9-20,25-32,49-52,57-58,61-62,67-70H,23-24,33-48H2,1-6H3,(H,71,79)(H,72,80)/t49-,50-,51+,52+,57-,58-,61-,62-/m0/s1. The average Bonchev–Trinajstić information content (AvgIpc) is 4.42. The van der Waals surface area contributed by atoms with E-state index in [4.69, 9.17) is 9.47 Å². The molecule has 6 rings (SSSR count). The molecular formula is C66H88N10O8. The molecule has 84 heavy (non-hydrogen) atoms. The van der Waals surface area contributed by atoms with Gasteiger partial charge in [0.05, 0.1) is 37.4 Å². The number of amides is 6. The van der Waals surface area contributed by atoms with E-state index in [0.717, 1.165) is 35.1 Å². The summed E-state index contributed by atoms with van der Waals surface area (Å²) in [6.07, 6.45) is 2.60. The lowest BCUT2D eigenvalue weighted by atomic mass is 10.1. The van der Waals surface area contributed by atoms with Crippen LogP contribution < -0.4 is 31.9 Å². The number of ether oxygens (including phenoxy) is 2. The molecule has 0 unspecified atom stereocenters. The van der Waals surface area contributed by atoms with Crippen molar-refractivity contribution in [2.45, 2.75) is 128 Å². The molecule has 0 aliphatic carbocycles. The predicted octanol–water partition coefficient (Wildman–Crippen LogP) is 3.69. The molecule has 2 heterocycles. The van der Waals surface area contributed by atoms with Gasteiger partial charge in [-0.25, -0.2) is 0 Å². The highest BCUT2D eigenvalue weighted by Gasteiger charge is 2.40. The number of carbonyl (C=O) groups is 6. The summed E-state index contributed by atoms with van der Waals surface area (Å²) in [5.41, 5.74) is 4.36. The predicted molar refractivity (Wildman–Crippen MR) is 327 cm³/mol. The van der Waals surface area contributed by atoms with Crippen LogP contribution in [0.15, 0.2) is 121 Å². The summed E-state index contributed by atoms with van der Waals surface area (Å²) < 4.78 is 12.2. The summed E-state index contributed by atoms with van der Waals surface area (Å²) in [6.45, 7) is 10.6. The van der Waals surface area contributed by atoms with Crippen LogP contribution in [0.25, 0.3) is 0 Å². The highest BCUT2D eigenvalue weighted by molar-refractivity contribution is 5.91. The number of nitrogens with zero attached hydrogens (tertiary/aromatic N) is 4. The van der Waals surface area contributed by atoms with Gasteiger partial charge in [-0.2, -0.15) is 0 Å². The molecule has 18 nitrogen and oxygen atoms in total. The first-order chi connectivity index (χ1) is 40.8. The molecule has 0 bridgehead atoms. The van der Waals surface area contributed by atoms with E-state index < -0.39 is 36.4 Å². The maximum Gasteiger partial charge on any atom is 0.248 e. The summed E-state index contributed by atoms with van der Waals surface area (Å²) in [5, 5.41) is 18.3. The normalized spacial score (nSPS) is 16.8. The van der Waals surface area contributed by atoms with E-state index in [-0.39, 0.29) is 73.8 Å². The largest absolute Gasteiger partial charge is 0.363 e. The van der Waals surface area contributed by atoms with Crippen molar-refractivity contribution in [2.75, 3.05) is 79.7 Å². The third kappa shape index (κ3) is 21.3. The number of likely N-dealkylation sites (N-methyl/N-ethyl adjacent to an activating group) is 2. The Morgan fingerprint density at radius 2 is 0.869 bits per heavy atom. The van der Waals surface area contributed by atoms with Gasteiger partial charge in [-0.3, -0.25) is 28.8 Å². The fourth-order valence-electron chi connectivity index (χ4n) is 10.3. The second-order valence-electron chi connectivity index (χ2n) is 21.6. The van der Waals surface area contributed by atoms with Crippen molar-refractivity contribution < 1.29 is 38.2 Å². The number of hydrogen-bond acceptors (Lipinski definition) is 12. The number of hydrogen-bond donors (Lipinski definition) is 6. The number of rotatable bonds is 32. The van der Waals surface area contributed by atoms with Gasteiger partial charge >= 0.3 is 0 Å². The van der Waals surface area contributed by atoms with Gasteiger partial charge in [0, 0.05) is 64.4 Å². The van der Waals surface area contributed by atoms with Crippen LogP contribution in [0.4, 0.5) is 0 Å². The topological polar surface area (TPSA) is 206 Å². The molecule has 0 aromatic heterocycles. The van der Waals surface area contributed by atoms with Gasteiger partial charge in [0.15, 0.2) is 0 Å². The minimum atomic E-state index is -1.05. The van der Waals surface area contributed by atoms with E-state index >= 15 is 0 Å². The molecule has 8 atom stereocenters. The third-order valence-corrected chi connectivity index (χ3v) is 15.6. The Labute approximate surface area is 497 Å². The first-order valence-electron chi connectivity index (χ1n) is 29.6. The molecule has 6 N–H and O–H groups in total. The number of likely N-dealkylation sites (tertiary alicyclic amines) is 2. The van der Waals surface area contributed by atoms with E-state index in [1.165, 1.54) is 0 Å². The molecule has 0 spiro atoms. The van der Waals surface area contributed by atoms with Gasteiger partial charge in [-0.15, -0.1) is 0 Å². The van der Waals surface area contributed by atoms with Crippen molar-refractivity contribution in [3.8, 4) is 23.7 Å². The smallest absolute Gasteiger partial charge is 0.248 e. The number of benzene rings is 4. The first kappa shape index (κ1) is 65.7. The molecular weight excluding hydrogens is 1060 g/mol. The lowest BCUT2D eigenvalue weighted by molar-refractivity contribution is -0.142. The minimum absolute atomic E-state index is 0.0604. The molecule has 450 valence electrons. The molecule has 0 saturated carbocycles. The van der Waals surface area contributed by atoms with Crippen molar-refractivity contribution in [2.24, 2.45) is 0 Å². The highest BCUT2D eigenvalue weighted by Crippen LogP contribution is 2.23. The Bertz CT molecular complexity index is 2620. The second-order valence-corrected chi connectivity index (χ2v) is 21.6. The molecule has 2 saturated heterocycles. The molecule has 0 radical (unpaired) electrons. The van der Waals surface area contributed by atoms with Crippen LogP contribution in [0, 0.1) is 23.7 Å². The van der Waals surface area contributed by atoms with Crippen molar-refractivity contribution in [1.82, 2.24) is 51.5 Å². The maximum atomic E-state index is 14.6. The summed E-state index contributed by atoms with van der Waals surface area (Å²) in [7, 11) is 3.34. The van der Waals surface area contributed by atoms with E-state index in [0.29, 0.717) is 78.0 Å². The molecule has 2 fully saturated rings. The van der Waals surface area contributed by atoms with Crippen LogP contribution in [0.1, 0.15) is 75.6 Å². The molecule has 4 aromatic carbocycles. The molecule has 6 amide bonds. The summed E-state index contributed by atoms with van der Waals surface area (Å²) in [5.74, 6) is 9.87. The van der Waals surface area contributed by atoms with Crippen molar-refractivity contribution in [1.29, 1.82) is 0 Å². The van der Waals surface area contributed by atoms with Crippen molar-refractivity contribution >= 4 is 35.4 Å². The van der Waals surface area contributed by atoms with E-state index in [9.17, 15) is 28.8 Å². The van der Waals surface area contributed by atoms with E-state index in [1.54, 1.807) is 51.6 Å². The van der Waals surface area contributed by atoms with Gasteiger partial charge in [0.25, 0.3) is 0 Å². The van der Waals surface area contributed by atoms with Crippen LogP contribution in [0.2, 0.25) is 0 Å². The third-order valence-electron chi connectivity index (χ3n) is 15.6. The molecule has 2 aliphatic rings. The van der Waals surface area contributed by atoms with E-state index in [2.05, 4.69) is 55.6 Å². The maximum absolute atomic E-state index is 14.6. The fourth-order valence-corrected chi connectivity index (χ4v) is 10.3. The Kier molecular flexibility index (Phi) is 27.9. The van der Waals surface area contributed by atoms with Crippen LogP contribution in [0.5, 0.6) is 0 Å². The van der Waals surface area contributed by atoms with E-state index in [1.807, 2.05) is 131 Å². The van der Waals surface area contributed by atoms with Crippen LogP contribution >= 0.6 is 0 Å². The zero-order chi connectivity index (χ0) is 60.1. The Morgan fingerprint density at radius 1 is 0.524 bits per heavy atom. The summed E-state index contributed by atoms with van der Waals surface area (Å²) >= 11 is 0. The summed E-state index contributed by atoms with van der Waals surface area (Å²) in [4.78, 5) is 91.0. The Balaban J connectivity index is 1.06. The first-order valence-corrected chi connectivity index (χ1v) is 29.6. The monoisotopic (exact) mass is 1150 g/mol. The number of nitrogens with one attached hydrogen (secondary N) is 6. The lowest BCUT2D eigenvalue weighted by Crippen LogP contribution is -2.59. The van der Waals surface area contributed by atoms with Crippen LogP contribution in [-0.4, -0.2) is 183 Å². The van der Waals surface area contributed by atoms with Gasteiger partial charge in [-0.05, 0) is 114 Å². The molecule has 2 aliphatic heterocycles. The van der Waals surface area contributed by atoms with Crippen LogP contribution in [0.3, 0.4) is 0 Å². The fraction of sp³-hybridized carbons (Fsp3) is 0.485. The van der Waals surface area contributed by atoms with Gasteiger partial charge in [0.2, 0.25) is 35.4 Å².